The highest BCUT2D eigenvalue weighted by Gasteiger charge is 2.14. The van der Waals surface area contributed by atoms with E-state index in [4.69, 9.17) is 0 Å². The summed E-state index contributed by atoms with van der Waals surface area (Å²) in [5.41, 5.74) is 1.40. The topological polar surface area (TPSA) is 34.1 Å². The third kappa shape index (κ3) is 7.07. The van der Waals surface area contributed by atoms with Gasteiger partial charge >= 0.3 is 0 Å². The maximum Gasteiger partial charge on any atom is 0.152 e. The average molecular weight is 408 g/mol. The molecule has 114 valence electrons. The molecule has 0 aliphatic rings. The van der Waals surface area contributed by atoms with Crippen molar-refractivity contribution in [1.29, 1.82) is 0 Å². The zero-order valence-corrected chi connectivity index (χ0v) is 15.4. The summed E-state index contributed by atoms with van der Waals surface area (Å²) in [5, 5.41) is -0.233. The minimum Gasteiger partial charge on any atom is -0.229 e. The van der Waals surface area contributed by atoms with Crippen LogP contribution >= 0.6 is 22.6 Å². The third-order valence-electron chi connectivity index (χ3n) is 3.53. The van der Waals surface area contributed by atoms with Gasteiger partial charge in [-0.1, -0.05) is 31.4 Å². The summed E-state index contributed by atoms with van der Waals surface area (Å²) in [5.74, 6) is 0.349. The van der Waals surface area contributed by atoms with Crippen LogP contribution in [-0.4, -0.2) is 19.4 Å². The van der Waals surface area contributed by atoms with Gasteiger partial charge in [0.2, 0.25) is 0 Å². The lowest BCUT2D eigenvalue weighted by molar-refractivity contribution is 0.577. The summed E-state index contributed by atoms with van der Waals surface area (Å²) in [6, 6.07) is 8.67. The SMILES string of the molecule is CC(C)S(=O)(=O)CCCCCCCc1ccc(I)cc1. The van der Waals surface area contributed by atoms with E-state index in [1.807, 2.05) is 0 Å². The van der Waals surface area contributed by atoms with E-state index in [1.165, 1.54) is 22.0 Å². The molecule has 0 aromatic heterocycles. The fourth-order valence-corrected chi connectivity index (χ4v) is 3.49. The van der Waals surface area contributed by atoms with Gasteiger partial charge in [-0.05, 0) is 73.4 Å². The maximum atomic E-state index is 11.6. The zero-order chi connectivity index (χ0) is 15.0. The highest BCUT2D eigenvalue weighted by molar-refractivity contribution is 14.1. The molecule has 0 radical (unpaired) electrons. The first-order valence-corrected chi connectivity index (χ1v) is 10.2. The second-order valence-electron chi connectivity index (χ2n) is 5.56. The van der Waals surface area contributed by atoms with Crippen LogP contribution in [0.1, 0.15) is 51.5 Å². The Morgan fingerprint density at radius 1 is 0.950 bits per heavy atom. The molecule has 0 saturated heterocycles. The van der Waals surface area contributed by atoms with Gasteiger partial charge in [0.05, 0.1) is 11.0 Å². The predicted octanol–water partition coefficient (Wildman–Crippen LogP) is 4.61. The van der Waals surface area contributed by atoms with Crippen molar-refractivity contribution in [3.8, 4) is 0 Å². The summed E-state index contributed by atoms with van der Waals surface area (Å²) in [6.45, 7) is 3.52. The van der Waals surface area contributed by atoms with Gasteiger partial charge in [-0.25, -0.2) is 8.42 Å². The summed E-state index contributed by atoms with van der Waals surface area (Å²) in [4.78, 5) is 0. The van der Waals surface area contributed by atoms with E-state index >= 15 is 0 Å². The van der Waals surface area contributed by atoms with E-state index in [0.29, 0.717) is 5.75 Å². The van der Waals surface area contributed by atoms with E-state index in [1.54, 1.807) is 13.8 Å². The van der Waals surface area contributed by atoms with Crippen LogP contribution in [0.15, 0.2) is 24.3 Å². The molecule has 0 unspecified atom stereocenters. The molecule has 1 rings (SSSR count). The van der Waals surface area contributed by atoms with Crippen LogP contribution in [0.4, 0.5) is 0 Å². The van der Waals surface area contributed by atoms with Crippen LogP contribution in [0.25, 0.3) is 0 Å². The van der Waals surface area contributed by atoms with Gasteiger partial charge in [0.1, 0.15) is 0 Å². The Labute approximate surface area is 137 Å². The summed E-state index contributed by atoms with van der Waals surface area (Å²) in [6.07, 6.45) is 6.48. The van der Waals surface area contributed by atoms with Crippen LogP contribution in [0.3, 0.4) is 0 Å². The first-order chi connectivity index (χ1) is 9.42. The smallest absolute Gasteiger partial charge is 0.152 e. The van der Waals surface area contributed by atoms with Crippen LogP contribution in [0, 0.1) is 3.57 Å². The van der Waals surface area contributed by atoms with Gasteiger partial charge in [0.15, 0.2) is 9.84 Å². The molecule has 4 heteroatoms. The molecular formula is C16H25IO2S. The number of sulfone groups is 1. The number of rotatable bonds is 9. The Balaban J connectivity index is 2.07. The second-order valence-corrected chi connectivity index (χ2v) is 9.48. The molecule has 0 bridgehead atoms. The molecule has 0 aliphatic carbocycles. The molecule has 2 nitrogen and oxygen atoms in total. The monoisotopic (exact) mass is 408 g/mol. The molecule has 20 heavy (non-hydrogen) atoms. The lowest BCUT2D eigenvalue weighted by atomic mass is 10.1. The van der Waals surface area contributed by atoms with Gasteiger partial charge in [0, 0.05) is 3.57 Å². The minimum absolute atomic E-state index is 0.233. The third-order valence-corrected chi connectivity index (χ3v) is 6.54. The van der Waals surface area contributed by atoms with Gasteiger partial charge < -0.3 is 0 Å². The van der Waals surface area contributed by atoms with E-state index in [-0.39, 0.29) is 5.25 Å². The zero-order valence-electron chi connectivity index (χ0n) is 12.4. The fraction of sp³-hybridized carbons (Fsp3) is 0.625. The molecule has 0 saturated carbocycles. The lowest BCUT2D eigenvalue weighted by Gasteiger charge is -2.07. The average Bonchev–Trinajstić information content (AvgIpc) is 2.39. The highest BCUT2D eigenvalue weighted by Crippen LogP contribution is 2.12. The summed E-state index contributed by atoms with van der Waals surface area (Å²) < 4.78 is 24.5. The number of unbranched alkanes of at least 4 members (excludes halogenated alkanes) is 4. The second kappa shape index (κ2) is 9.03. The summed E-state index contributed by atoms with van der Waals surface area (Å²) in [7, 11) is -2.84. The first kappa shape index (κ1) is 18.0. The lowest BCUT2D eigenvalue weighted by Crippen LogP contribution is -2.17. The predicted molar refractivity (Wildman–Crippen MR) is 94.9 cm³/mol. The minimum atomic E-state index is -2.84. The van der Waals surface area contributed by atoms with Crippen molar-refractivity contribution >= 4 is 32.4 Å². The van der Waals surface area contributed by atoms with E-state index in [2.05, 4.69) is 46.9 Å². The molecule has 0 fully saturated rings. The molecule has 0 N–H and O–H groups in total. The van der Waals surface area contributed by atoms with Crippen molar-refractivity contribution in [2.24, 2.45) is 0 Å². The molecule has 0 aliphatic heterocycles. The fourth-order valence-electron chi connectivity index (χ4n) is 2.05. The van der Waals surface area contributed by atoms with E-state index < -0.39 is 9.84 Å². The van der Waals surface area contributed by atoms with Gasteiger partial charge in [-0.15, -0.1) is 0 Å². The number of hydrogen-bond donors (Lipinski definition) is 0. The Morgan fingerprint density at radius 2 is 1.50 bits per heavy atom. The standard InChI is InChI=1S/C16H25IO2S/c1-14(2)20(18,19)13-7-5-3-4-6-8-15-9-11-16(17)12-10-15/h9-12,14H,3-8,13H2,1-2H3. The molecule has 0 amide bonds. The molecule has 0 atom stereocenters. The van der Waals surface area contributed by atoms with E-state index in [9.17, 15) is 8.42 Å². The number of benzene rings is 1. The highest BCUT2D eigenvalue weighted by atomic mass is 127. The van der Waals surface area contributed by atoms with Gasteiger partial charge in [-0.2, -0.15) is 0 Å². The van der Waals surface area contributed by atoms with Gasteiger partial charge in [-0.3, -0.25) is 0 Å². The Kier molecular flexibility index (Phi) is 8.10. The van der Waals surface area contributed by atoms with Crippen LogP contribution < -0.4 is 0 Å². The van der Waals surface area contributed by atoms with Crippen molar-refractivity contribution < 1.29 is 8.42 Å². The van der Waals surface area contributed by atoms with E-state index in [0.717, 1.165) is 25.7 Å². The summed E-state index contributed by atoms with van der Waals surface area (Å²) >= 11 is 2.32. The van der Waals surface area contributed by atoms with Crippen LogP contribution in [0.2, 0.25) is 0 Å². The van der Waals surface area contributed by atoms with Crippen LogP contribution in [0.5, 0.6) is 0 Å². The molecule has 1 aromatic carbocycles. The van der Waals surface area contributed by atoms with Crippen molar-refractivity contribution in [2.45, 2.75) is 57.6 Å². The Morgan fingerprint density at radius 3 is 2.10 bits per heavy atom. The number of aryl methyl sites for hydroxylation is 1. The van der Waals surface area contributed by atoms with Crippen molar-refractivity contribution in [2.75, 3.05) is 5.75 Å². The van der Waals surface area contributed by atoms with Crippen LogP contribution in [-0.2, 0) is 16.3 Å². The molecule has 1 aromatic rings. The Hall–Kier alpha value is -0.100. The largest absolute Gasteiger partial charge is 0.229 e. The van der Waals surface area contributed by atoms with Crippen molar-refractivity contribution in [3.05, 3.63) is 33.4 Å². The normalized spacial score (nSPS) is 12.0. The van der Waals surface area contributed by atoms with Gasteiger partial charge in [0.25, 0.3) is 0 Å². The van der Waals surface area contributed by atoms with Crippen molar-refractivity contribution in [1.82, 2.24) is 0 Å². The maximum absolute atomic E-state index is 11.6. The quantitative estimate of drug-likeness (QED) is 0.442. The molecule has 0 heterocycles. The molecule has 0 spiro atoms. The number of halogens is 1. The van der Waals surface area contributed by atoms with Crippen molar-refractivity contribution in [3.63, 3.8) is 0 Å². The molecular weight excluding hydrogens is 383 g/mol. The Bertz CT molecular complexity index is 478. The first-order valence-electron chi connectivity index (χ1n) is 7.38. The number of hydrogen-bond acceptors (Lipinski definition) is 2.